The van der Waals surface area contributed by atoms with Crippen LogP contribution in [0.25, 0.3) is 0 Å². The zero-order valence-corrected chi connectivity index (χ0v) is 8.58. The van der Waals surface area contributed by atoms with Crippen LogP contribution in [0.5, 0.6) is 0 Å². The third kappa shape index (κ3) is 1.89. The lowest BCUT2D eigenvalue weighted by atomic mass is 10.1. The van der Waals surface area contributed by atoms with Crippen molar-refractivity contribution in [1.82, 2.24) is 9.55 Å². The fourth-order valence-corrected chi connectivity index (χ4v) is 1.74. The molecule has 9 heteroatoms. The molecule has 2 rings (SSSR count). The number of nitrogens with zero attached hydrogens (tertiary/aromatic N) is 3. The van der Waals surface area contributed by atoms with E-state index in [4.69, 9.17) is 9.84 Å². The Kier molecular flexibility index (Phi) is 3.07. The van der Waals surface area contributed by atoms with Crippen molar-refractivity contribution in [3.8, 4) is 0 Å². The summed E-state index contributed by atoms with van der Waals surface area (Å²) < 4.78 is 6.14. The van der Waals surface area contributed by atoms with E-state index >= 15 is 0 Å². The average Bonchev–Trinajstić information content (AvgIpc) is 2.86. The standard InChI is InChI=1S/C8H11N3O6/c12-2-4-6(13)7(14)8(17-4)10-3-9-1-5(10)11(15)16/h1,3-4,6-8,12-14H,2H2/t4-,6-,7-,8-/m1/s1. The highest BCUT2D eigenvalue weighted by atomic mass is 16.6. The first-order chi connectivity index (χ1) is 8.06. The molecule has 94 valence electrons. The number of ether oxygens (including phenoxy) is 1. The van der Waals surface area contributed by atoms with Gasteiger partial charge in [-0.3, -0.25) is 0 Å². The molecule has 1 aromatic rings. The van der Waals surface area contributed by atoms with Gasteiger partial charge in [-0.25, -0.2) is 4.98 Å². The number of aliphatic hydroxyl groups excluding tert-OH is 3. The minimum atomic E-state index is -1.36. The topological polar surface area (TPSA) is 131 Å². The minimum absolute atomic E-state index is 0.361. The van der Waals surface area contributed by atoms with Gasteiger partial charge in [0.25, 0.3) is 0 Å². The fourth-order valence-electron chi connectivity index (χ4n) is 1.74. The first kappa shape index (κ1) is 11.9. The minimum Gasteiger partial charge on any atom is -0.394 e. The smallest absolute Gasteiger partial charge is 0.344 e. The van der Waals surface area contributed by atoms with Crippen LogP contribution in [0.4, 0.5) is 5.82 Å². The maximum absolute atomic E-state index is 10.7. The summed E-state index contributed by atoms with van der Waals surface area (Å²) in [4.78, 5) is 13.6. The Morgan fingerprint density at radius 2 is 2.24 bits per heavy atom. The number of aromatic nitrogens is 2. The fraction of sp³-hybridized carbons (Fsp3) is 0.625. The summed E-state index contributed by atoms with van der Waals surface area (Å²) in [7, 11) is 0. The van der Waals surface area contributed by atoms with Crippen LogP contribution < -0.4 is 0 Å². The second-order valence-corrected chi connectivity index (χ2v) is 3.65. The highest BCUT2D eigenvalue weighted by molar-refractivity contribution is 5.16. The van der Waals surface area contributed by atoms with Crippen LogP contribution in [-0.2, 0) is 4.74 Å². The molecule has 0 spiro atoms. The molecule has 1 saturated heterocycles. The summed E-state index contributed by atoms with van der Waals surface area (Å²) in [5.41, 5.74) is 0. The normalized spacial score (nSPS) is 32.9. The highest BCUT2D eigenvalue weighted by Gasteiger charge is 2.47. The van der Waals surface area contributed by atoms with Crippen molar-refractivity contribution in [2.75, 3.05) is 6.61 Å². The molecule has 0 aromatic carbocycles. The van der Waals surface area contributed by atoms with Gasteiger partial charge in [-0.15, -0.1) is 0 Å². The van der Waals surface area contributed by atoms with Gasteiger partial charge < -0.3 is 30.2 Å². The highest BCUT2D eigenvalue weighted by Crippen LogP contribution is 2.31. The molecule has 0 amide bonds. The Balaban J connectivity index is 2.29. The molecule has 0 unspecified atom stereocenters. The van der Waals surface area contributed by atoms with Gasteiger partial charge in [0.2, 0.25) is 6.23 Å². The average molecular weight is 245 g/mol. The van der Waals surface area contributed by atoms with Gasteiger partial charge in [0, 0.05) is 0 Å². The molecule has 1 aromatic heterocycles. The van der Waals surface area contributed by atoms with E-state index in [-0.39, 0.29) is 5.82 Å². The van der Waals surface area contributed by atoms with Gasteiger partial charge in [-0.05, 0) is 4.92 Å². The van der Waals surface area contributed by atoms with Crippen molar-refractivity contribution in [3.63, 3.8) is 0 Å². The molecule has 17 heavy (non-hydrogen) atoms. The first-order valence-corrected chi connectivity index (χ1v) is 4.85. The van der Waals surface area contributed by atoms with Crippen LogP contribution in [0.15, 0.2) is 12.5 Å². The largest absolute Gasteiger partial charge is 0.394 e. The van der Waals surface area contributed by atoms with Gasteiger partial charge in [0.05, 0.1) is 6.61 Å². The lowest BCUT2D eigenvalue weighted by Crippen LogP contribution is -2.33. The van der Waals surface area contributed by atoms with Crippen LogP contribution in [0, 0.1) is 10.1 Å². The molecule has 1 aliphatic rings. The molecular formula is C8H11N3O6. The van der Waals surface area contributed by atoms with E-state index in [1.807, 2.05) is 0 Å². The molecular weight excluding hydrogens is 234 g/mol. The molecule has 1 aliphatic heterocycles. The third-order valence-corrected chi connectivity index (χ3v) is 2.62. The Labute approximate surface area is 95.0 Å². The summed E-state index contributed by atoms with van der Waals surface area (Å²) in [5.74, 6) is -0.361. The van der Waals surface area contributed by atoms with E-state index < -0.39 is 36.1 Å². The predicted molar refractivity (Wildman–Crippen MR) is 51.9 cm³/mol. The van der Waals surface area contributed by atoms with Crippen LogP contribution >= 0.6 is 0 Å². The SMILES string of the molecule is O=[N+]([O-])c1cncn1[C@@H]1O[C@H](CO)[C@@H](O)[C@H]1O. The molecule has 0 bridgehead atoms. The van der Waals surface area contributed by atoms with Crippen LogP contribution in [0.3, 0.4) is 0 Å². The Morgan fingerprint density at radius 1 is 1.53 bits per heavy atom. The first-order valence-electron chi connectivity index (χ1n) is 4.85. The van der Waals surface area contributed by atoms with Crippen molar-refractivity contribution in [2.24, 2.45) is 0 Å². The zero-order chi connectivity index (χ0) is 12.6. The van der Waals surface area contributed by atoms with E-state index in [1.165, 1.54) is 0 Å². The van der Waals surface area contributed by atoms with Crippen molar-refractivity contribution in [3.05, 3.63) is 22.6 Å². The van der Waals surface area contributed by atoms with E-state index in [1.54, 1.807) is 0 Å². The lowest BCUT2D eigenvalue weighted by Gasteiger charge is -2.12. The molecule has 3 N–H and O–H groups in total. The molecule has 1 fully saturated rings. The van der Waals surface area contributed by atoms with Crippen molar-refractivity contribution < 1.29 is 25.0 Å². The van der Waals surface area contributed by atoms with E-state index in [0.29, 0.717) is 0 Å². The van der Waals surface area contributed by atoms with Crippen LogP contribution in [-0.4, -0.2) is 54.7 Å². The maximum atomic E-state index is 10.7. The second kappa shape index (κ2) is 4.37. The number of nitro groups is 1. The van der Waals surface area contributed by atoms with Crippen LogP contribution in [0.2, 0.25) is 0 Å². The monoisotopic (exact) mass is 245 g/mol. The number of rotatable bonds is 3. The van der Waals surface area contributed by atoms with E-state index in [2.05, 4.69) is 4.98 Å². The van der Waals surface area contributed by atoms with Crippen LogP contribution in [0.1, 0.15) is 6.23 Å². The summed E-state index contributed by atoms with van der Waals surface area (Å²) >= 11 is 0. The van der Waals surface area contributed by atoms with E-state index in [9.17, 15) is 20.3 Å². The molecule has 2 heterocycles. The quantitative estimate of drug-likeness (QED) is 0.431. The van der Waals surface area contributed by atoms with Gasteiger partial charge in [-0.1, -0.05) is 0 Å². The molecule has 0 radical (unpaired) electrons. The Morgan fingerprint density at radius 3 is 2.76 bits per heavy atom. The molecule has 0 aliphatic carbocycles. The van der Waals surface area contributed by atoms with Gasteiger partial charge in [-0.2, -0.15) is 4.57 Å². The van der Waals surface area contributed by atoms with Gasteiger partial charge in [0.15, 0.2) is 6.33 Å². The van der Waals surface area contributed by atoms with E-state index in [0.717, 1.165) is 17.1 Å². The summed E-state index contributed by atoms with van der Waals surface area (Å²) in [6.45, 7) is -0.489. The number of aliphatic hydroxyl groups is 3. The summed E-state index contributed by atoms with van der Waals surface area (Å²) in [6.07, 6.45) is -2.64. The molecule has 0 saturated carbocycles. The Hall–Kier alpha value is -1.55. The summed E-state index contributed by atoms with van der Waals surface area (Å²) in [6, 6.07) is 0. The summed E-state index contributed by atoms with van der Waals surface area (Å²) in [5, 5.41) is 38.8. The number of imidazole rings is 1. The second-order valence-electron chi connectivity index (χ2n) is 3.65. The van der Waals surface area contributed by atoms with Crippen molar-refractivity contribution >= 4 is 5.82 Å². The third-order valence-electron chi connectivity index (χ3n) is 2.62. The van der Waals surface area contributed by atoms with Crippen molar-refractivity contribution in [1.29, 1.82) is 0 Å². The number of hydrogen-bond donors (Lipinski definition) is 3. The van der Waals surface area contributed by atoms with Gasteiger partial charge >= 0.3 is 5.82 Å². The molecule has 4 atom stereocenters. The maximum Gasteiger partial charge on any atom is 0.344 e. The lowest BCUT2D eigenvalue weighted by molar-refractivity contribution is -0.394. The Bertz CT molecular complexity index is 421. The zero-order valence-electron chi connectivity index (χ0n) is 8.58. The predicted octanol–water partition coefficient (Wildman–Crippen LogP) is -1.60. The molecule has 9 nitrogen and oxygen atoms in total. The van der Waals surface area contributed by atoms with Gasteiger partial charge in [0.1, 0.15) is 24.5 Å². The van der Waals surface area contributed by atoms with Crippen molar-refractivity contribution in [2.45, 2.75) is 24.5 Å². The number of hydrogen-bond acceptors (Lipinski definition) is 7.